The summed E-state index contributed by atoms with van der Waals surface area (Å²) in [5.41, 5.74) is 1.14. The maximum atomic E-state index is 12.9. The van der Waals surface area contributed by atoms with Gasteiger partial charge >= 0.3 is 0 Å². The summed E-state index contributed by atoms with van der Waals surface area (Å²) in [5, 5.41) is 2.73. The molecule has 8 nitrogen and oxygen atoms in total. The summed E-state index contributed by atoms with van der Waals surface area (Å²) < 4.78 is 10.6. The van der Waals surface area contributed by atoms with Crippen molar-refractivity contribution in [3.05, 3.63) is 42.5 Å². The summed E-state index contributed by atoms with van der Waals surface area (Å²) in [6.45, 7) is 0.235. The monoisotopic (exact) mass is 443 g/mol. The van der Waals surface area contributed by atoms with Crippen LogP contribution in [-0.2, 0) is 9.59 Å². The molecule has 0 aromatic heterocycles. The van der Waals surface area contributed by atoms with Crippen LogP contribution >= 0.6 is 11.8 Å². The maximum absolute atomic E-state index is 12.9. The molecule has 31 heavy (non-hydrogen) atoms. The van der Waals surface area contributed by atoms with Gasteiger partial charge < -0.3 is 24.6 Å². The number of carbonyl (C=O) groups excluding carboxylic acids is 3. The molecule has 1 unspecified atom stereocenters. The third-order valence-electron chi connectivity index (χ3n) is 4.88. The lowest BCUT2D eigenvalue weighted by Gasteiger charge is -2.20. The molecule has 1 fully saturated rings. The van der Waals surface area contributed by atoms with E-state index in [1.165, 1.54) is 12.0 Å². The number of ether oxygens (including phenoxy) is 2. The molecule has 9 heteroatoms. The number of para-hydroxylation sites is 1. The smallest absolute Gasteiger partial charge is 0.286 e. The minimum Gasteiger partial charge on any atom is -0.497 e. The van der Waals surface area contributed by atoms with Gasteiger partial charge in [0, 0.05) is 38.0 Å². The second kappa shape index (κ2) is 9.74. The Labute approximate surface area is 185 Å². The van der Waals surface area contributed by atoms with E-state index in [-0.39, 0.29) is 30.0 Å². The van der Waals surface area contributed by atoms with Crippen molar-refractivity contribution in [1.29, 1.82) is 0 Å². The molecule has 1 aliphatic rings. The van der Waals surface area contributed by atoms with Gasteiger partial charge in [-0.2, -0.15) is 0 Å². The Morgan fingerprint density at radius 3 is 2.55 bits per heavy atom. The van der Waals surface area contributed by atoms with Crippen molar-refractivity contribution < 1.29 is 23.9 Å². The summed E-state index contributed by atoms with van der Waals surface area (Å²) in [4.78, 5) is 41.3. The van der Waals surface area contributed by atoms with Crippen molar-refractivity contribution in [1.82, 2.24) is 4.90 Å². The second-order valence-corrected chi connectivity index (χ2v) is 8.18. The molecule has 0 saturated carbocycles. The van der Waals surface area contributed by atoms with Crippen molar-refractivity contribution in [2.75, 3.05) is 45.1 Å². The molecule has 3 rings (SSSR count). The molecule has 0 spiro atoms. The van der Waals surface area contributed by atoms with E-state index in [1.807, 2.05) is 0 Å². The molecule has 1 saturated heterocycles. The van der Waals surface area contributed by atoms with E-state index in [2.05, 4.69) is 5.32 Å². The van der Waals surface area contributed by atoms with E-state index in [0.29, 0.717) is 27.8 Å². The molecule has 164 valence electrons. The van der Waals surface area contributed by atoms with Crippen molar-refractivity contribution >= 4 is 40.2 Å². The van der Waals surface area contributed by atoms with Crippen molar-refractivity contribution in [3.8, 4) is 11.5 Å². The molecule has 1 aliphatic heterocycles. The third-order valence-corrected chi connectivity index (χ3v) is 6.00. The second-order valence-electron chi connectivity index (χ2n) is 7.19. The van der Waals surface area contributed by atoms with Crippen LogP contribution in [0.2, 0.25) is 0 Å². The predicted octanol–water partition coefficient (Wildman–Crippen LogP) is 3.47. The van der Waals surface area contributed by atoms with Crippen molar-refractivity contribution in [3.63, 3.8) is 0 Å². The molecule has 0 aliphatic carbocycles. The van der Waals surface area contributed by atoms with Crippen LogP contribution in [0.3, 0.4) is 0 Å². The highest BCUT2D eigenvalue weighted by molar-refractivity contribution is 8.13. The van der Waals surface area contributed by atoms with Crippen LogP contribution in [0.5, 0.6) is 11.5 Å². The van der Waals surface area contributed by atoms with Gasteiger partial charge in [0.05, 0.1) is 31.5 Å². The largest absolute Gasteiger partial charge is 0.497 e. The first-order valence-corrected chi connectivity index (χ1v) is 10.5. The quantitative estimate of drug-likeness (QED) is 0.688. The number of amides is 3. The number of hydrogen-bond acceptors (Lipinski definition) is 6. The van der Waals surface area contributed by atoms with E-state index in [4.69, 9.17) is 9.47 Å². The molecule has 3 amide bonds. The number of nitrogens with one attached hydrogen (secondary N) is 1. The Morgan fingerprint density at radius 1 is 1.13 bits per heavy atom. The van der Waals surface area contributed by atoms with E-state index in [9.17, 15) is 14.4 Å². The minimum atomic E-state index is -0.526. The number of methoxy groups -OCH3 is 2. The predicted molar refractivity (Wildman–Crippen MR) is 120 cm³/mol. The summed E-state index contributed by atoms with van der Waals surface area (Å²) >= 11 is 1.04. The van der Waals surface area contributed by atoms with Crippen LogP contribution in [0, 0.1) is 5.92 Å². The average Bonchev–Trinajstić information content (AvgIpc) is 3.15. The Kier molecular flexibility index (Phi) is 7.06. The van der Waals surface area contributed by atoms with E-state index in [0.717, 1.165) is 11.8 Å². The Balaban J connectivity index is 1.74. The first-order chi connectivity index (χ1) is 14.8. The molecule has 0 radical (unpaired) electrons. The SMILES string of the molecule is COc1ccc(N2CC(C(=O)Nc3ccccc3SC(=O)N(C)C)CC2=O)c(OC)c1. The van der Waals surface area contributed by atoms with Gasteiger partial charge in [-0.25, -0.2) is 0 Å². The van der Waals surface area contributed by atoms with Gasteiger partial charge in [0.1, 0.15) is 11.5 Å². The Hall–Kier alpha value is -3.20. The van der Waals surface area contributed by atoms with Crippen LogP contribution in [0.25, 0.3) is 0 Å². The molecule has 1 N–H and O–H groups in total. The van der Waals surface area contributed by atoms with Crippen molar-refractivity contribution in [2.24, 2.45) is 5.92 Å². The zero-order valence-electron chi connectivity index (χ0n) is 17.9. The summed E-state index contributed by atoms with van der Waals surface area (Å²) in [6, 6.07) is 12.3. The minimum absolute atomic E-state index is 0.0902. The first kappa shape index (κ1) is 22.5. The highest BCUT2D eigenvalue weighted by Crippen LogP contribution is 2.36. The Bertz CT molecular complexity index is 995. The summed E-state index contributed by atoms with van der Waals surface area (Å²) in [5.74, 6) is 0.158. The number of anilines is 2. The lowest BCUT2D eigenvalue weighted by Crippen LogP contribution is -2.28. The van der Waals surface area contributed by atoms with Gasteiger partial charge in [0.15, 0.2) is 0 Å². The number of nitrogens with zero attached hydrogens (tertiary/aromatic N) is 2. The fourth-order valence-electron chi connectivity index (χ4n) is 3.20. The van der Waals surface area contributed by atoms with Gasteiger partial charge in [-0.15, -0.1) is 0 Å². The molecular formula is C22H25N3O5S. The van der Waals surface area contributed by atoms with Crippen LogP contribution in [-0.4, -0.2) is 56.8 Å². The lowest BCUT2D eigenvalue weighted by atomic mass is 10.1. The number of thioether (sulfide) groups is 1. The zero-order valence-corrected chi connectivity index (χ0v) is 18.7. The van der Waals surface area contributed by atoms with Crippen LogP contribution < -0.4 is 19.7 Å². The van der Waals surface area contributed by atoms with Gasteiger partial charge in [-0.3, -0.25) is 14.4 Å². The first-order valence-electron chi connectivity index (χ1n) is 9.65. The highest BCUT2D eigenvalue weighted by atomic mass is 32.2. The van der Waals surface area contributed by atoms with E-state index < -0.39 is 5.92 Å². The van der Waals surface area contributed by atoms with E-state index in [1.54, 1.807) is 68.6 Å². The summed E-state index contributed by atoms with van der Waals surface area (Å²) in [7, 11) is 6.41. The number of hydrogen-bond donors (Lipinski definition) is 1. The van der Waals surface area contributed by atoms with Crippen LogP contribution in [0.1, 0.15) is 6.42 Å². The number of rotatable bonds is 6. The van der Waals surface area contributed by atoms with Crippen LogP contribution in [0.4, 0.5) is 16.2 Å². The molecule has 0 bridgehead atoms. The topological polar surface area (TPSA) is 88.2 Å². The molecule has 2 aromatic rings. The Morgan fingerprint density at radius 2 is 1.87 bits per heavy atom. The fraction of sp³-hybridized carbons (Fsp3) is 0.318. The third kappa shape index (κ3) is 5.11. The molecule has 1 heterocycles. The van der Waals surface area contributed by atoms with Gasteiger partial charge in [-0.1, -0.05) is 12.1 Å². The number of benzene rings is 2. The molecule has 2 aromatic carbocycles. The normalized spacial score (nSPS) is 15.5. The molecule has 1 atom stereocenters. The lowest BCUT2D eigenvalue weighted by molar-refractivity contribution is -0.122. The van der Waals surface area contributed by atoms with Crippen LogP contribution in [0.15, 0.2) is 47.4 Å². The average molecular weight is 444 g/mol. The van der Waals surface area contributed by atoms with E-state index >= 15 is 0 Å². The van der Waals surface area contributed by atoms with Gasteiger partial charge in [0.25, 0.3) is 5.24 Å². The van der Waals surface area contributed by atoms with Gasteiger partial charge in [-0.05, 0) is 36.0 Å². The number of carbonyl (C=O) groups is 3. The zero-order chi connectivity index (χ0) is 22.5. The summed E-state index contributed by atoms with van der Waals surface area (Å²) in [6.07, 6.45) is 0.0902. The van der Waals surface area contributed by atoms with Gasteiger partial charge in [0.2, 0.25) is 11.8 Å². The van der Waals surface area contributed by atoms with Crippen molar-refractivity contribution in [2.45, 2.75) is 11.3 Å². The maximum Gasteiger partial charge on any atom is 0.286 e. The fourth-order valence-corrected chi connectivity index (χ4v) is 3.95. The standard InChI is InChI=1S/C22H25N3O5S/c1-24(2)22(28)31-19-8-6-5-7-16(19)23-21(27)14-11-20(26)25(13-14)17-10-9-15(29-3)12-18(17)30-4/h5-10,12,14H,11,13H2,1-4H3,(H,23,27). The molecular weight excluding hydrogens is 418 g/mol. The highest BCUT2D eigenvalue weighted by Gasteiger charge is 2.36.